The zero-order valence-electron chi connectivity index (χ0n) is 11.4. The van der Waals surface area contributed by atoms with Gasteiger partial charge in [-0.1, -0.05) is 29.8 Å². The number of hydrogen-bond donors (Lipinski definition) is 1. The first-order valence-corrected chi connectivity index (χ1v) is 8.11. The van der Waals surface area contributed by atoms with Gasteiger partial charge in [-0.3, -0.25) is 0 Å². The third-order valence-corrected chi connectivity index (χ3v) is 4.57. The van der Waals surface area contributed by atoms with Crippen molar-refractivity contribution in [1.29, 1.82) is 0 Å². The Kier molecular flexibility index (Phi) is 3.52. The lowest BCUT2D eigenvalue weighted by Gasteiger charge is -2.09. The number of thioether (sulfide) groups is 1. The van der Waals surface area contributed by atoms with Gasteiger partial charge in [-0.25, -0.2) is 9.98 Å². The van der Waals surface area contributed by atoms with E-state index in [0.29, 0.717) is 10.9 Å². The third-order valence-electron chi connectivity index (χ3n) is 3.31. The van der Waals surface area contributed by atoms with Crippen molar-refractivity contribution in [1.82, 2.24) is 0 Å². The van der Waals surface area contributed by atoms with E-state index >= 15 is 0 Å². The number of nitrogens with zero attached hydrogens (tertiary/aromatic N) is 2. The zero-order chi connectivity index (χ0) is 14.9. The van der Waals surface area contributed by atoms with Crippen molar-refractivity contribution < 1.29 is 4.74 Å². The van der Waals surface area contributed by atoms with Crippen LogP contribution in [-0.4, -0.2) is 22.7 Å². The number of para-hydroxylation sites is 1. The van der Waals surface area contributed by atoms with Gasteiger partial charge in [0.05, 0.1) is 0 Å². The summed E-state index contributed by atoms with van der Waals surface area (Å²) in [6.45, 7) is 0. The molecule has 2 aromatic rings. The molecule has 0 aromatic heterocycles. The number of rotatable bonds is 2. The van der Waals surface area contributed by atoms with Gasteiger partial charge in [0.25, 0.3) is 0 Å². The lowest BCUT2D eigenvalue weighted by Crippen LogP contribution is -2.13. The first-order valence-electron chi connectivity index (χ1n) is 6.85. The first-order chi connectivity index (χ1) is 10.8. The summed E-state index contributed by atoms with van der Waals surface area (Å²) in [4.78, 5) is 9.11. The van der Waals surface area contributed by atoms with E-state index in [4.69, 9.17) is 16.3 Å². The maximum atomic E-state index is 5.90. The van der Waals surface area contributed by atoms with Gasteiger partial charge in [-0.2, -0.15) is 0 Å². The summed E-state index contributed by atoms with van der Waals surface area (Å²) in [5.41, 5.74) is 1.83. The maximum absolute atomic E-state index is 5.90. The molecule has 6 heteroatoms. The molecule has 4 nitrogen and oxygen atoms in total. The molecule has 2 heterocycles. The average molecular weight is 330 g/mol. The van der Waals surface area contributed by atoms with Crippen LogP contribution in [0.4, 0.5) is 5.69 Å². The number of hydrogen-bond acceptors (Lipinski definition) is 5. The van der Waals surface area contributed by atoms with E-state index in [-0.39, 0.29) is 11.6 Å². The predicted octanol–water partition coefficient (Wildman–Crippen LogP) is 3.98. The largest absolute Gasteiger partial charge is 0.458 e. The van der Waals surface area contributed by atoms with Gasteiger partial charge in [-0.15, -0.1) is 0 Å². The van der Waals surface area contributed by atoms with E-state index in [9.17, 15) is 0 Å². The van der Waals surface area contributed by atoms with Crippen LogP contribution in [0, 0.1) is 0 Å². The minimum absolute atomic E-state index is 0.100. The lowest BCUT2D eigenvalue weighted by molar-refractivity contribution is 0.289. The molecule has 4 rings (SSSR count). The molecule has 2 aromatic carbocycles. The Balaban J connectivity index is 1.50. The number of aliphatic imine (C=N–C) groups is 2. The predicted molar refractivity (Wildman–Crippen MR) is 91.7 cm³/mol. The summed E-state index contributed by atoms with van der Waals surface area (Å²) >= 11 is 7.45. The standard InChI is InChI=1S/C16H12ClN3OS/c17-11-8-6-10(7-9-11)14-19-13-15(21-14)22-16(20-13)18-12-4-2-1-3-5-12/h1-9,13,15H,(H,18,20). The molecular formula is C16H12ClN3OS. The highest BCUT2D eigenvalue weighted by Crippen LogP contribution is 2.34. The van der Waals surface area contributed by atoms with E-state index in [0.717, 1.165) is 16.4 Å². The average Bonchev–Trinajstić information content (AvgIpc) is 3.07. The van der Waals surface area contributed by atoms with Gasteiger partial charge >= 0.3 is 0 Å². The molecule has 110 valence electrons. The molecule has 0 spiro atoms. The molecule has 22 heavy (non-hydrogen) atoms. The molecule has 1 N–H and O–H groups in total. The fourth-order valence-corrected chi connectivity index (χ4v) is 3.33. The Labute approximate surface area is 137 Å². The first kappa shape index (κ1) is 13.7. The fraction of sp³-hybridized carbons (Fsp3) is 0.125. The van der Waals surface area contributed by atoms with Gasteiger partial charge in [0.2, 0.25) is 5.90 Å². The van der Waals surface area contributed by atoms with Crippen molar-refractivity contribution in [3.05, 3.63) is 65.2 Å². The summed E-state index contributed by atoms with van der Waals surface area (Å²) < 4.78 is 5.89. The van der Waals surface area contributed by atoms with Crippen molar-refractivity contribution in [3.63, 3.8) is 0 Å². The summed E-state index contributed by atoms with van der Waals surface area (Å²) in [6.07, 6.45) is -0.193. The second kappa shape index (κ2) is 5.66. The fourth-order valence-electron chi connectivity index (χ4n) is 2.26. The molecule has 0 aliphatic carbocycles. The summed E-state index contributed by atoms with van der Waals surface area (Å²) in [5.74, 6) is 0.627. The van der Waals surface area contributed by atoms with Crippen LogP contribution in [0.25, 0.3) is 0 Å². The summed E-state index contributed by atoms with van der Waals surface area (Å²) in [6, 6.07) is 17.4. The quantitative estimate of drug-likeness (QED) is 0.906. The zero-order valence-corrected chi connectivity index (χ0v) is 13.0. The van der Waals surface area contributed by atoms with Gasteiger partial charge < -0.3 is 10.1 Å². The van der Waals surface area contributed by atoms with Crippen LogP contribution < -0.4 is 5.32 Å². The van der Waals surface area contributed by atoms with Crippen molar-refractivity contribution in [3.8, 4) is 0 Å². The van der Waals surface area contributed by atoms with Crippen LogP contribution in [0.15, 0.2) is 64.6 Å². The van der Waals surface area contributed by atoms with E-state index in [2.05, 4.69) is 15.3 Å². The minimum Gasteiger partial charge on any atom is -0.458 e. The Morgan fingerprint density at radius 2 is 1.77 bits per heavy atom. The van der Waals surface area contributed by atoms with Crippen LogP contribution in [0.5, 0.6) is 0 Å². The van der Waals surface area contributed by atoms with Crippen LogP contribution in [0.2, 0.25) is 5.02 Å². The molecule has 0 fully saturated rings. The second-order valence-corrected chi connectivity index (χ2v) is 6.41. The van der Waals surface area contributed by atoms with Crippen LogP contribution in [0.1, 0.15) is 5.56 Å². The Morgan fingerprint density at radius 1 is 1.00 bits per heavy atom. The van der Waals surface area contributed by atoms with E-state index in [1.807, 2.05) is 54.6 Å². The molecule has 0 saturated carbocycles. The topological polar surface area (TPSA) is 46.0 Å². The van der Waals surface area contributed by atoms with Crippen LogP contribution >= 0.6 is 23.4 Å². The molecule has 2 unspecified atom stereocenters. The molecular weight excluding hydrogens is 318 g/mol. The molecule has 2 aliphatic rings. The Bertz CT molecular complexity index is 746. The van der Waals surface area contributed by atoms with E-state index in [1.54, 1.807) is 11.8 Å². The Morgan fingerprint density at radius 3 is 2.50 bits per heavy atom. The highest BCUT2D eigenvalue weighted by atomic mass is 35.5. The van der Waals surface area contributed by atoms with Gasteiger partial charge in [-0.05, 0) is 48.2 Å². The molecule has 2 aliphatic heterocycles. The molecule has 0 amide bonds. The SMILES string of the molecule is Clc1ccc(C2=NC3N=C(Nc4ccccc4)SC3O2)cc1. The molecule has 0 radical (unpaired) electrons. The maximum Gasteiger partial charge on any atom is 0.219 e. The normalized spacial score (nSPS) is 22.6. The number of nitrogens with one attached hydrogen (secondary N) is 1. The van der Waals surface area contributed by atoms with Gasteiger partial charge in [0, 0.05) is 16.3 Å². The van der Waals surface area contributed by atoms with E-state index in [1.165, 1.54) is 0 Å². The monoisotopic (exact) mass is 329 g/mol. The summed E-state index contributed by atoms with van der Waals surface area (Å²) in [7, 11) is 0. The highest BCUT2D eigenvalue weighted by molar-refractivity contribution is 8.14. The van der Waals surface area contributed by atoms with Crippen molar-refractivity contribution in [2.45, 2.75) is 11.6 Å². The number of halogens is 1. The van der Waals surface area contributed by atoms with Gasteiger partial charge in [0.15, 0.2) is 16.8 Å². The number of ether oxygens (including phenoxy) is 1. The van der Waals surface area contributed by atoms with Crippen LogP contribution in [-0.2, 0) is 4.74 Å². The number of fused-ring (bicyclic) bond motifs is 1. The number of benzene rings is 2. The molecule has 0 bridgehead atoms. The third kappa shape index (κ3) is 2.69. The lowest BCUT2D eigenvalue weighted by atomic mass is 10.2. The number of anilines is 1. The molecule has 0 saturated heterocycles. The molecule has 2 atom stereocenters. The summed E-state index contributed by atoms with van der Waals surface area (Å²) in [5, 5.41) is 4.81. The second-order valence-electron chi connectivity index (χ2n) is 4.88. The van der Waals surface area contributed by atoms with Crippen molar-refractivity contribution in [2.24, 2.45) is 9.98 Å². The van der Waals surface area contributed by atoms with Crippen molar-refractivity contribution in [2.75, 3.05) is 5.32 Å². The smallest absolute Gasteiger partial charge is 0.219 e. The number of amidine groups is 1. The highest BCUT2D eigenvalue weighted by Gasteiger charge is 2.38. The van der Waals surface area contributed by atoms with Crippen molar-refractivity contribution >= 4 is 40.1 Å². The Hall–Kier alpha value is -1.98. The van der Waals surface area contributed by atoms with Gasteiger partial charge in [0.1, 0.15) is 0 Å². The minimum atomic E-state index is -0.193. The van der Waals surface area contributed by atoms with Crippen LogP contribution in [0.3, 0.4) is 0 Å². The van der Waals surface area contributed by atoms with E-state index < -0.39 is 0 Å².